The lowest BCUT2D eigenvalue weighted by molar-refractivity contribution is -0.179. The first-order chi connectivity index (χ1) is 17.8. The molecule has 13 heteroatoms. The summed E-state index contributed by atoms with van der Waals surface area (Å²) in [6.07, 6.45) is -4.66. The van der Waals surface area contributed by atoms with Crippen molar-refractivity contribution in [3.8, 4) is 5.75 Å². The number of H-pyrrole nitrogens is 1. The van der Waals surface area contributed by atoms with Gasteiger partial charge >= 0.3 is 13.5 Å². The summed E-state index contributed by atoms with van der Waals surface area (Å²) in [4.78, 5) is 25.9. The van der Waals surface area contributed by atoms with Crippen molar-refractivity contribution in [1.29, 1.82) is 0 Å². The number of alkyl halides is 1. The van der Waals surface area contributed by atoms with E-state index in [2.05, 4.69) is 20.8 Å². The normalized spacial score (nSPS) is 30.0. The van der Waals surface area contributed by atoms with Crippen LogP contribution >= 0.6 is 7.82 Å². The van der Waals surface area contributed by atoms with Crippen LogP contribution in [0.25, 0.3) is 0 Å². The average molecular weight is 558 g/mol. The third-order valence-electron chi connectivity index (χ3n) is 6.35. The van der Waals surface area contributed by atoms with E-state index in [4.69, 9.17) is 19.7 Å². The van der Waals surface area contributed by atoms with Gasteiger partial charge in [0.25, 0.3) is 5.56 Å². The summed E-state index contributed by atoms with van der Waals surface area (Å²) in [6, 6.07) is 3.87. The molecule has 4 atom stereocenters. The number of nitrogens with zero attached hydrogens (tertiary/aromatic N) is 1. The second-order valence-corrected chi connectivity index (χ2v) is 13.2. The number of nitrogens with one attached hydrogen (secondary N) is 1. The minimum absolute atomic E-state index is 0.124. The number of phosphoric ester groups is 1. The molecule has 4 rings (SSSR count). The van der Waals surface area contributed by atoms with Gasteiger partial charge in [0.1, 0.15) is 18.5 Å². The molecule has 2 aliphatic rings. The Bertz CT molecular complexity index is 1450. The standard InChI is InChI=1S/C25H34FN2O9P/c1-23(2,3)16-7-14-12-34-38(33,37-19(14)17(8-16)24(4,5)6)35-13-25(26)9-18(30)21(36-25)28-10-15(11-29)20(31)27-22(28)32/h7-8,10,18,21,29-30H,9,11-13H2,1-6H3,(H,27,31,32)/t18-,21-,25+,38?/m1/s1/i21D. The fourth-order valence-corrected chi connectivity index (χ4v) is 5.45. The number of hydrogen-bond acceptors (Lipinski definition) is 9. The van der Waals surface area contributed by atoms with Gasteiger partial charge in [0.2, 0.25) is 5.85 Å². The Morgan fingerprint density at radius 3 is 2.55 bits per heavy atom. The Balaban J connectivity index is 1.58. The van der Waals surface area contributed by atoms with Crippen molar-refractivity contribution in [3.05, 3.63) is 61.4 Å². The van der Waals surface area contributed by atoms with Crippen molar-refractivity contribution >= 4 is 7.82 Å². The minimum atomic E-state index is -4.37. The Kier molecular flexibility index (Phi) is 6.95. The molecule has 3 N–H and O–H groups in total. The molecule has 0 aliphatic carbocycles. The summed E-state index contributed by atoms with van der Waals surface area (Å²) in [6.45, 7) is 10.1. The molecule has 0 radical (unpaired) electrons. The van der Waals surface area contributed by atoms with E-state index < -0.39 is 62.3 Å². The molecule has 11 nitrogen and oxygen atoms in total. The predicted molar refractivity (Wildman–Crippen MR) is 135 cm³/mol. The van der Waals surface area contributed by atoms with Crippen molar-refractivity contribution < 1.29 is 38.8 Å². The summed E-state index contributed by atoms with van der Waals surface area (Å²) in [5.74, 6) is -2.57. The quantitative estimate of drug-likeness (QED) is 0.471. The molecule has 38 heavy (non-hydrogen) atoms. The zero-order valence-corrected chi connectivity index (χ0v) is 23.1. The van der Waals surface area contributed by atoms with Gasteiger partial charge in [0, 0.05) is 23.7 Å². The molecule has 2 aromatic rings. The average Bonchev–Trinajstić information content (AvgIpc) is 3.05. The van der Waals surface area contributed by atoms with E-state index in [1.165, 1.54) is 0 Å². The van der Waals surface area contributed by atoms with E-state index >= 15 is 4.39 Å². The number of benzene rings is 1. The highest BCUT2D eigenvalue weighted by Crippen LogP contribution is 2.58. The maximum Gasteiger partial charge on any atom is 0.530 e. The number of aliphatic hydroxyl groups excluding tert-OH is 2. The summed E-state index contributed by atoms with van der Waals surface area (Å²) >= 11 is 0. The van der Waals surface area contributed by atoms with Crippen LogP contribution < -0.4 is 15.8 Å². The number of phosphoric acid groups is 1. The van der Waals surface area contributed by atoms with Gasteiger partial charge in [0.05, 0.1) is 20.1 Å². The summed E-state index contributed by atoms with van der Waals surface area (Å²) in [5, 5.41) is 19.8. The molecule has 0 amide bonds. The van der Waals surface area contributed by atoms with Crippen molar-refractivity contribution in [3.63, 3.8) is 0 Å². The molecular weight excluding hydrogens is 522 g/mol. The van der Waals surface area contributed by atoms with Crippen molar-refractivity contribution in [2.24, 2.45) is 0 Å². The lowest BCUT2D eigenvalue weighted by Gasteiger charge is -2.33. The lowest BCUT2D eigenvalue weighted by atomic mass is 9.79. The van der Waals surface area contributed by atoms with Gasteiger partial charge in [-0.05, 0) is 22.5 Å². The molecule has 1 aromatic heterocycles. The molecule has 3 heterocycles. The number of rotatable bonds is 5. The molecule has 1 aromatic carbocycles. The van der Waals surface area contributed by atoms with E-state index in [9.17, 15) is 24.4 Å². The highest BCUT2D eigenvalue weighted by molar-refractivity contribution is 7.49. The van der Waals surface area contributed by atoms with Crippen LogP contribution in [-0.2, 0) is 42.4 Å². The first-order valence-electron chi connectivity index (χ1n) is 12.6. The molecule has 0 spiro atoms. The number of ether oxygens (including phenoxy) is 1. The van der Waals surface area contributed by atoms with Gasteiger partial charge in [-0.15, -0.1) is 0 Å². The third-order valence-corrected chi connectivity index (χ3v) is 7.65. The van der Waals surface area contributed by atoms with Crippen LogP contribution in [-0.4, -0.2) is 38.3 Å². The zero-order valence-electron chi connectivity index (χ0n) is 23.2. The first-order valence-corrected chi connectivity index (χ1v) is 13.6. The number of aromatic amines is 1. The van der Waals surface area contributed by atoms with E-state index in [0.29, 0.717) is 15.9 Å². The van der Waals surface area contributed by atoms with E-state index in [1.807, 2.05) is 37.9 Å². The Hall–Kier alpha value is -2.34. The second-order valence-electron chi connectivity index (χ2n) is 11.6. The van der Waals surface area contributed by atoms with Crippen molar-refractivity contribution in [1.82, 2.24) is 9.55 Å². The molecule has 210 valence electrons. The second kappa shape index (κ2) is 9.69. The minimum Gasteiger partial charge on any atom is -0.403 e. The molecule has 1 fully saturated rings. The maximum atomic E-state index is 15.7. The molecule has 0 bridgehead atoms. The Morgan fingerprint density at radius 2 is 1.95 bits per heavy atom. The Labute approximate surface area is 220 Å². The highest BCUT2D eigenvalue weighted by atomic mass is 31.2. The molecular formula is C25H34FN2O9P. The number of aliphatic hydroxyl groups is 2. The fourth-order valence-electron chi connectivity index (χ4n) is 4.18. The lowest BCUT2D eigenvalue weighted by Crippen LogP contribution is -2.37. The molecule has 2 aliphatic heterocycles. The summed E-state index contributed by atoms with van der Waals surface area (Å²) < 4.78 is 59.6. The SMILES string of the molecule is [2H][C@@]1(n2cc(CO)c(=O)[nH]c2=O)O[C@](F)(COP2(=O)OCc3cc(C(C)(C)C)cc(C(C)(C)C)c3O2)C[C@H]1O. The van der Waals surface area contributed by atoms with Gasteiger partial charge in [-0.2, -0.15) is 0 Å². The van der Waals surface area contributed by atoms with Crippen molar-refractivity contribution in [2.75, 3.05) is 6.61 Å². The summed E-state index contributed by atoms with van der Waals surface area (Å²) in [5.41, 5.74) is -0.503. The molecule has 0 saturated carbocycles. The van der Waals surface area contributed by atoms with Crippen LogP contribution in [0.1, 0.15) is 77.8 Å². The van der Waals surface area contributed by atoms with Crippen LogP contribution in [0.4, 0.5) is 4.39 Å². The van der Waals surface area contributed by atoms with Crippen LogP contribution in [0, 0.1) is 0 Å². The molecule has 1 unspecified atom stereocenters. The zero-order chi connectivity index (χ0) is 29.2. The number of halogens is 1. The van der Waals surface area contributed by atoms with Gasteiger partial charge in [0.15, 0.2) is 6.20 Å². The monoisotopic (exact) mass is 557 g/mol. The smallest absolute Gasteiger partial charge is 0.403 e. The van der Waals surface area contributed by atoms with E-state index in [1.54, 1.807) is 0 Å². The highest BCUT2D eigenvalue weighted by Gasteiger charge is 2.50. The number of fused-ring (bicyclic) bond motifs is 1. The summed E-state index contributed by atoms with van der Waals surface area (Å²) in [7, 11) is -4.37. The van der Waals surface area contributed by atoms with Crippen LogP contribution in [0.5, 0.6) is 5.75 Å². The largest absolute Gasteiger partial charge is 0.530 e. The maximum absolute atomic E-state index is 15.7. The van der Waals surface area contributed by atoms with Crippen LogP contribution in [0.2, 0.25) is 0 Å². The van der Waals surface area contributed by atoms with Gasteiger partial charge in [-0.3, -0.25) is 23.4 Å². The predicted octanol–water partition coefficient (Wildman–Crippen LogP) is 3.30. The number of aromatic nitrogens is 2. The van der Waals surface area contributed by atoms with Crippen LogP contribution in [0.15, 0.2) is 27.9 Å². The topological polar surface area (TPSA) is 149 Å². The number of hydrogen-bond donors (Lipinski definition) is 3. The Morgan fingerprint density at radius 1 is 1.26 bits per heavy atom. The van der Waals surface area contributed by atoms with Gasteiger partial charge in [-0.1, -0.05) is 47.6 Å². The van der Waals surface area contributed by atoms with Gasteiger partial charge < -0.3 is 19.5 Å². The van der Waals surface area contributed by atoms with E-state index in [-0.39, 0.29) is 17.6 Å². The fraction of sp³-hybridized carbons (Fsp3) is 0.600. The molecule has 1 saturated heterocycles. The van der Waals surface area contributed by atoms with Crippen LogP contribution in [0.3, 0.4) is 0 Å². The third kappa shape index (κ3) is 5.66. The van der Waals surface area contributed by atoms with Crippen molar-refractivity contribution in [2.45, 2.75) is 90.2 Å². The van der Waals surface area contributed by atoms with Gasteiger partial charge in [-0.25, -0.2) is 13.8 Å². The first kappa shape index (κ1) is 27.2. The van der Waals surface area contributed by atoms with E-state index in [0.717, 1.165) is 17.3 Å².